The molecule has 0 spiro atoms. The van der Waals surface area contributed by atoms with Crippen molar-refractivity contribution >= 4 is 16.8 Å². The van der Waals surface area contributed by atoms with Crippen molar-refractivity contribution in [2.24, 2.45) is 5.92 Å². The summed E-state index contributed by atoms with van der Waals surface area (Å²) in [6.07, 6.45) is 5.70. The lowest BCUT2D eigenvalue weighted by Gasteiger charge is -2.31. The summed E-state index contributed by atoms with van der Waals surface area (Å²) in [6, 6.07) is 19.0. The van der Waals surface area contributed by atoms with E-state index in [-0.39, 0.29) is 30.9 Å². The molecule has 3 aliphatic rings. The van der Waals surface area contributed by atoms with Gasteiger partial charge >= 0.3 is 5.97 Å². The molecule has 0 radical (unpaired) electrons. The van der Waals surface area contributed by atoms with Crippen LogP contribution in [-0.2, 0) is 39.8 Å². The maximum Gasteiger partial charge on any atom is 0.308 e. The van der Waals surface area contributed by atoms with Crippen molar-refractivity contribution in [3.8, 4) is 22.6 Å². The number of hydrogen-bond donors (Lipinski definition) is 1. The highest BCUT2D eigenvalue weighted by Gasteiger charge is 2.33. The number of aryl methyl sites for hydroxylation is 2. The fourth-order valence-electron chi connectivity index (χ4n) is 5.28. The van der Waals surface area contributed by atoms with Gasteiger partial charge in [0.2, 0.25) is 0 Å². The Labute approximate surface area is 249 Å². The molecular formula is C34H39FO6S. The molecule has 3 aromatic rings. The molecule has 2 fully saturated rings. The Morgan fingerprint density at radius 2 is 1.67 bits per heavy atom. The molecule has 1 saturated carbocycles. The molecule has 0 atom stereocenters. The van der Waals surface area contributed by atoms with Gasteiger partial charge in [-0.15, -0.1) is 0 Å². The van der Waals surface area contributed by atoms with Crippen molar-refractivity contribution < 1.29 is 32.7 Å². The molecule has 224 valence electrons. The second kappa shape index (κ2) is 13.8. The molecule has 0 unspecified atom stereocenters. The third kappa shape index (κ3) is 7.98. The first-order chi connectivity index (χ1) is 20.3. The highest BCUT2D eigenvalue weighted by molar-refractivity contribution is 7.85. The smallest absolute Gasteiger partial charge is 0.308 e. The first-order valence-corrected chi connectivity index (χ1v) is 16.3. The highest BCUT2D eigenvalue weighted by atomic mass is 32.2. The number of esters is 1. The van der Waals surface area contributed by atoms with E-state index in [4.69, 9.17) is 14.2 Å². The number of fused-ring (bicyclic) bond motifs is 3. The molecule has 2 aliphatic carbocycles. The van der Waals surface area contributed by atoms with E-state index in [1.807, 2.05) is 61.5 Å². The van der Waals surface area contributed by atoms with Gasteiger partial charge in [-0.25, -0.2) is 4.39 Å². The van der Waals surface area contributed by atoms with Crippen LogP contribution in [0.15, 0.2) is 60.7 Å². The largest absolute Gasteiger partial charge is 0.491 e. The van der Waals surface area contributed by atoms with Gasteiger partial charge in [-0.2, -0.15) is 0 Å². The summed E-state index contributed by atoms with van der Waals surface area (Å²) in [5.41, 5.74) is 3.92. The van der Waals surface area contributed by atoms with E-state index in [2.05, 4.69) is 0 Å². The van der Waals surface area contributed by atoms with Crippen LogP contribution in [-0.4, -0.2) is 45.6 Å². The van der Waals surface area contributed by atoms with Crippen molar-refractivity contribution in [3.05, 3.63) is 83.2 Å². The quantitative estimate of drug-likeness (QED) is 0.314. The number of carbonyl (C=O) groups is 1. The molecule has 0 amide bonds. The Bertz CT molecular complexity index is 1390. The first kappa shape index (κ1) is 30.2. The third-order valence-corrected chi connectivity index (χ3v) is 9.28. The highest BCUT2D eigenvalue weighted by Crippen LogP contribution is 2.37. The summed E-state index contributed by atoms with van der Waals surface area (Å²) in [6.45, 7) is 2.73. The molecule has 0 aromatic heterocycles. The summed E-state index contributed by atoms with van der Waals surface area (Å²) in [5.74, 6) is 2.49. The monoisotopic (exact) mass is 594 g/mol. The van der Waals surface area contributed by atoms with Gasteiger partial charge in [0.1, 0.15) is 36.1 Å². The Kier molecular flexibility index (Phi) is 9.95. The number of benzene rings is 3. The van der Waals surface area contributed by atoms with Crippen LogP contribution in [0.1, 0.15) is 55.7 Å². The van der Waals surface area contributed by atoms with E-state index in [0.29, 0.717) is 42.3 Å². The minimum atomic E-state index is -0.918. The van der Waals surface area contributed by atoms with Crippen LogP contribution in [0, 0.1) is 11.7 Å². The first-order valence-electron chi connectivity index (χ1n) is 14.8. The van der Waals surface area contributed by atoms with Gasteiger partial charge in [0.25, 0.3) is 0 Å². The van der Waals surface area contributed by atoms with Gasteiger partial charge in [-0.05, 0) is 111 Å². The van der Waals surface area contributed by atoms with Gasteiger partial charge < -0.3 is 19.3 Å². The standard InChI is InChI=1S/C28H29FO4S.C6H10O2/c29-27-17-21-6-4-5-20-15-24(33-19-28(30)11-13-34(31)14-12-28)9-10-25(20)26(21)16-22(27)18-32-23-7-2-1-3-8-23;1-2-8-6(7)5-3-4-5/h1-3,7-10,15-17,30H,4-6,11-14,18-19H2;5H,2-4H2,1H3. The maximum absolute atomic E-state index is 14.8. The predicted molar refractivity (Wildman–Crippen MR) is 162 cm³/mol. The number of carbonyl (C=O) groups excluding carboxylic acids is 1. The minimum absolute atomic E-state index is 0.00694. The van der Waals surface area contributed by atoms with Crippen LogP contribution in [0.5, 0.6) is 11.5 Å². The van der Waals surface area contributed by atoms with Gasteiger partial charge in [-0.1, -0.05) is 24.3 Å². The maximum atomic E-state index is 14.8. The van der Waals surface area contributed by atoms with Crippen LogP contribution in [0.25, 0.3) is 11.1 Å². The van der Waals surface area contributed by atoms with Crippen molar-refractivity contribution in [3.63, 3.8) is 0 Å². The Hall–Kier alpha value is -3.23. The fraction of sp³-hybridized carbons (Fsp3) is 0.441. The Morgan fingerprint density at radius 3 is 2.36 bits per heavy atom. The summed E-state index contributed by atoms with van der Waals surface area (Å²) in [4.78, 5) is 10.6. The fourth-order valence-corrected chi connectivity index (χ4v) is 6.70. The van der Waals surface area contributed by atoms with Gasteiger partial charge in [0, 0.05) is 27.9 Å². The normalized spacial score (nSPS) is 21.1. The lowest BCUT2D eigenvalue weighted by molar-refractivity contribution is -0.144. The molecular weight excluding hydrogens is 555 g/mol. The lowest BCUT2D eigenvalue weighted by atomic mass is 9.94. The average molecular weight is 595 g/mol. The van der Waals surface area contributed by atoms with E-state index >= 15 is 0 Å². The van der Waals surface area contributed by atoms with Crippen molar-refractivity contribution in [2.75, 3.05) is 24.7 Å². The average Bonchev–Trinajstić information content (AvgIpc) is 3.86. The van der Waals surface area contributed by atoms with Gasteiger partial charge in [-0.3, -0.25) is 9.00 Å². The van der Waals surface area contributed by atoms with E-state index in [9.17, 15) is 18.5 Å². The van der Waals surface area contributed by atoms with E-state index in [1.165, 1.54) is 0 Å². The van der Waals surface area contributed by atoms with Crippen LogP contribution >= 0.6 is 0 Å². The minimum Gasteiger partial charge on any atom is -0.491 e. The van der Waals surface area contributed by atoms with Crippen LogP contribution in [0.2, 0.25) is 0 Å². The number of halogens is 1. The lowest BCUT2D eigenvalue weighted by Crippen LogP contribution is -2.42. The molecule has 42 heavy (non-hydrogen) atoms. The van der Waals surface area contributed by atoms with Crippen LogP contribution in [0.4, 0.5) is 4.39 Å². The number of rotatable bonds is 8. The van der Waals surface area contributed by atoms with Crippen molar-refractivity contribution in [1.29, 1.82) is 0 Å². The van der Waals surface area contributed by atoms with Gasteiger partial charge in [0.05, 0.1) is 12.5 Å². The second-order valence-electron chi connectivity index (χ2n) is 11.3. The Balaban J connectivity index is 0.000000382. The number of hydrogen-bond acceptors (Lipinski definition) is 6. The molecule has 6 rings (SSSR count). The molecule has 3 aromatic carbocycles. The van der Waals surface area contributed by atoms with Crippen LogP contribution in [0.3, 0.4) is 0 Å². The van der Waals surface area contributed by atoms with Crippen molar-refractivity contribution in [1.82, 2.24) is 0 Å². The zero-order valence-corrected chi connectivity index (χ0v) is 24.9. The summed E-state index contributed by atoms with van der Waals surface area (Å²) < 4.78 is 43.0. The second-order valence-corrected chi connectivity index (χ2v) is 13.0. The Morgan fingerprint density at radius 1 is 0.952 bits per heavy atom. The van der Waals surface area contributed by atoms with Crippen LogP contribution < -0.4 is 9.47 Å². The predicted octanol–water partition coefficient (Wildman–Crippen LogP) is 6.17. The summed E-state index contributed by atoms with van der Waals surface area (Å²) in [5, 5.41) is 10.7. The van der Waals surface area contributed by atoms with Crippen molar-refractivity contribution in [2.45, 2.75) is 64.1 Å². The topological polar surface area (TPSA) is 82.1 Å². The number of aliphatic hydroxyl groups is 1. The third-order valence-electron chi connectivity index (χ3n) is 7.96. The molecule has 1 saturated heterocycles. The summed E-state index contributed by atoms with van der Waals surface area (Å²) in [7, 11) is -0.827. The zero-order valence-electron chi connectivity index (χ0n) is 24.1. The number of para-hydroxylation sites is 1. The van der Waals surface area contributed by atoms with E-state index in [0.717, 1.165) is 60.1 Å². The summed E-state index contributed by atoms with van der Waals surface area (Å²) >= 11 is 0. The van der Waals surface area contributed by atoms with Gasteiger partial charge in [0.15, 0.2) is 0 Å². The zero-order chi connectivity index (χ0) is 29.5. The molecule has 1 aliphatic heterocycles. The molecule has 0 bridgehead atoms. The molecule has 8 heteroatoms. The molecule has 1 heterocycles. The molecule has 6 nitrogen and oxygen atoms in total. The number of ether oxygens (including phenoxy) is 3. The van der Waals surface area contributed by atoms with E-state index < -0.39 is 16.4 Å². The SMILES string of the molecule is CCOC(=O)C1CC1.O=S1CCC(O)(COc2ccc3c(c2)CCCc2cc(F)c(COc4ccccc4)cc2-3)CC1. The van der Waals surface area contributed by atoms with E-state index in [1.54, 1.807) is 6.07 Å². The molecule has 1 N–H and O–H groups in total.